The topological polar surface area (TPSA) is 21.3 Å². The maximum atomic E-state index is 13.2. The van der Waals surface area contributed by atoms with Gasteiger partial charge in [-0.2, -0.15) is 0 Å². The van der Waals surface area contributed by atoms with Crippen LogP contribution in [0.25, 0.3) is 0 Å². The molecule has 18 heavy (non-hydrogen) atoms. The van der Waals surface area contributed by atoms with E-state index in [4.69, 9.17) is 4.74 Å². The van der Waals surface area contributed by atoms with Crippen LogP contribution in [-0.2, 0) is 0 Å². The first-order chi connectivity index (χ1) is 8.67. The molecule has 1 N–H and O–H groups in total. The molecular weight excluding hydrogens is 249 g/mol. The van der Waals surface area contributed by atoms with Crippen LogP contribution in [0.1, 0.15) is 22.0 Å². The third-order valence-corrected chi connectivity index (χ3v) is 3.93. The molecule has 96 valence electrons. The van der Waals surface area contributed by atoms with Gasteiger partial charge in [0.05, 0.1) is 18.0 Å². The van der Waals surface area contributed by atoms with Gasteiger partial charge in [0.1, 0.15) is 11.6 Å². The SMILES string of the molecule is CNC(c1ccc(F)cc1C)c1sccc1OC. The van der Waals surface area contributed by atoms with Gasteiger partial charge in [-0.1, -0.05) is 6.07 Å². The molecule has 0 bridgehead atoms. The van der Waals surface area contributed by atoms with Crippen LogP contribution in [0.4, 0.5) is 4.39 Å². The Labute approximate surface area is 110 Å². The summed E-state index contributed by atoms with van der Waals surface area (Å²) in [5, 5.41) is 5.26. The Hall–Kier alpha value is -1.39. The van der Waals surface area contributed by atoms with Gasteiger partial charge >= 0.3 is 0 Å². The summed E-state index contributed by atoms with van der Waals surface area (Å²) in [5.74, 6) is 0.660. The average Bonchev–Trinajstić information content (AvgIpc) is 2.81. The predicted octanol–water partition coefficient (Wildman–Crippen LogP) is 3.51. The Morgan fingerprint density at radius 1 is 1.33 bits per heavy atom. The van der Waals surface area contributed by atoms with Crippen molar-refractivity contribution in [3.05, 3.63) is 51.5 Å². The van der Waals surface area contributed by atoms with Crippen molar-refractivity contribution >= 4 is 11.3 Å². The summed E-state index contributed by atoms with van der Waals surface area (Å²) in [5.41, 5.74) is 2.00. The summed E-state index contributed by atoms with van der Waals surface area (Å²) in [7, 11) is 3.56. The van der Waals surface area contributed by atoms with Crippen LogP contribution < -0.4 is 10.1 Å². The maximum Gasteiger partial charge on any atom is 0.134 e. The van der Waals surface area contributed by atoms with Crippen LogP contribution in [0.15, 0.2) is 29.6 Å². The Bertz CT molecular complexity index is 538. The number of nitrogens with one attached hydrogen (secondary N) is 1. The molecule has 0 aliphatic heterocycles. The Balaban J connectivity index is 2.45. The van der Waals surface area contributed by atoms with Crippen LogP contribution in [0.2, 0.25) is 0 Å². The van der Waals surface area contributed by atoms with Gasteiger partial charge in [0.15, 0.2) is 0 Å². The highest BCUT2D eigenvalue weighted by molar-refractivity contribution is 7.10. The summed E-state index contributed by atoms with van der Waals surface area (Å²) in [4.78, 5) is 1.11. The predicted molar refractivity (Wildman–Crippen MR) is 72.9 cm³/mol. The molecule has 4 heteroatoms. The summed E-state index contributed by atoms with van der Waals surface area (Å²) in [6.45, 7) is 1.92. The van der Waals surface area contributed by atoms with Crippen LogP contribution in [0.5, 0.6) is 5.75 Å². The van der Waals surface area contributed by atoms with E-state index in [1.54, 1.807) is 24.5 Å². The summed E-state index contributed by atoms with van der Waals surface area (Å²) in [6, 6.07) is 6.85. The molecule has 0 aliphatic rings. The van der Waals surface area contributed by atoms with E-state index in [1.807, 2.05) is 31.5 Å². The molecule has 1 atom stereocenters. The summed E-state index contributed by atoms with van der Waals surface area (Å²) < 4.78 is 18.5. The minimum atomic E-state index is -0.204. The molecule has 1 heterocycles. The van der Waals surface area contributed by atoms with E-state index in [-0.39, 0.29) is 11.9 Å². The minimum Gasteiger partial charge on any atom is -0.496 e. The van der Waals surface area contributed by atoms with E-state index < -0.39 is 0 Å². The van der Waals surface area contributed by atoms with Crippen LogP contribution in [0, 0.1) is 12.7 Å². The summed E-state index contributed by atoms with van der Waals surface area (Å²) >= 11 is 1.63. The Morgan fingerprint density at radius 3 is 2.72 bits per heavy atom. The van der Waals surface area contributed by atoms with E-state index in [0.29, 0.717) is 0 Å². The molecule has 0 amide bonds. The van der Waals surface area contributed by atoms with Gasteiger partial charge in [-0.3, -0.25) is 0 Å². The lowest BCUT2D eigenvalue weighted by molar-refractivity contribution is 0.408. The van der Waals surface area contributed by atoms with Gasteiger partial charge in [-0.25, -0.2) is 4.39 Å². The molecule has 0 radical (unpaired) electrons. The zero-order valence-corrected chi connectivity index (χ0v) is 11.5. The minimum absolute atomic E-state index is 0.0283. The average molecular weight is 265 g/mol. The lowest BCUT2D eigenvalue weighted by Crippen LogP contribution is -2.18. The number of hydrogen-bond acceptors (Lipinski definition) is 3. The third-order valence-electron chi connectivity index (χ3n) is 2.97. The molecule has 0 fully saturated rings. The monoisotopic (exact) mass is 265 g/mol. The van der Waals surface area contributed by atoms with Gasteiger partial charge in [-0.15, -0.1) is 11.3 Å². The molecule has 1 aromatic carbocycles. The number of aryl methyl sites for hydroxylation is 1. The first-order valence-electron chi connectivity index (χ1n) is 5.72. The van der Waals surface area contributed by atoms with Crippen molar-refractivity contribution < 1.29 is 9.13 Å². The molecule has 1 aromatic heterocycles. The van der Waals surface area contributed by atoms with E-state index in [9.17, 15) is 4.39 Å². The molecule has 2 nitrogen and oxygen atoms in total. The van der Waals surface area contributed by atoms with Crippen molar-refractivity contribution in [2.24, 2.45) is 0 Å². The second-order valence-electron chi connectivity index (χ2n) is 4.08. The van der Waals surface area contributed by atoms with Crippen molar-refractivity contribution in [2.75, 3.05) is 14.2 Å². The van der Waals surface area contributed by atoms with Crippen LogP contribution >= 0.6 is 11.3 Å². The van der Waals surface area contributed by atoms with Gasteiger partial charge in [0.25, 0.3) is 0 Å². The Morgan fingerprint density at radius 2 is 2.11 bits per heavy atom. The number of halogens is 1. The second kappa shape index (κ2) is 5.50. The molecule has 2 aromatic rings. The highest BCUT2D eigenvalue weighted by atomic mass is 32.1. The number of hydrogen-bond donors (Lipinski definition) is 1. The van der Waals surface area contributed by atoms with E-state index in [1.165, 1.54) is 6.07 Å². The zero-order valence-electron chi connectivity index (χ0n) is 10.7. The lowest BCUT2D eigenvalue weighted by Gasteiger charge is -2.19. The third kappa shape index (κ3) is 2.40. The first-order valence-corrected chi connectivity index (χ1v) is 6.60. The number of rotatable bonds is 4. The Kier molecular flexibility index (Phi) is 3.99. The maximum absolute atomic E-state index is 13.2. The fraction of sp³-hybridized carbons (Fsp3) is 0.286. The van der Waals surface area contributed by atoms with E-state index in [2.05, 4.69) is 5.32 Å². The highest BCUT2D eigenvalue weighted by Crippen LogP contribution is 2.35. The van der Waals surface area contributed by atoms with Crippen LogP contribution in [-0.4, -0.2) is 14.2 Å². The fourth-order valence-electron chi connectivity index (χ4n) is 2.08. The normalized spacial score (nSPS) is 12.4. The molecule has 2 rings (SSSR count). The number of methoxy groups -OCH3 is 1. The molecule has 0 spiro atoms. The largest absolute Gasteiger partial charge is 0.496 e. The van der Waals surface area contributed by atoms with Crippen LogP contribution in [0.3, 0.4) is 0 Å². The first kappa shape index (κ1) is 13.1. The van der Waals surface area contributed by atoms with Crippen molar-refractivity contribution in [1.82, 2.24) is 5.32 Å². The van der Waals surface area contributed by atoms with Gasteiger partial charge in [0.2, 0.25) is 0 Å². The van der Waals surface area contributed by atoms with E-state index in [0.717, 1.165) is 21.8 Å². The molecule has 0 saturated heterocycles. The molecule has 0 saturated carbocycles. The quantitative estimate of drug-likeness (QED) is 0.913. The fourth-order valence-corrected chi connectivity index (χ4v) is 3.07. The van der Waals surface area contributed by atoms with Crippen molar-refractivity contribution in [2.45, 2.75) is 13.0 Å². The highest BCUT2D eigenvalue weighted by Gasteiger charge is 2.19. The van der Waals surface area contributed by atoms with Gasteiger partial charge in [-0.05, 0) is 48.7 Å². The van der Waals surface area contributed by atoms with Gasteiger partial charge in [0, 0.05) is 0 Å². The zero-order chi connectivity index (χ0) is 13.1. The lowest BCUT2D eigenvalue weighted by atomic mass is 9.99. The standard InChI is InChI=1S/C14H16FNOS/c1-9-8-10(15)4-5-11(9)13(16-2)14-12(17-3)6-7-18-14/h4-8,13,16H,1-3H3. The van der Waals surface area contributed by atoms with Crippen molar-refractivity contribution in [3.63, 3.8) is 0 Å². The second-order valence-corrected chi connectivity index (χ2v) is 5.02. The summed E-state index contributed by atoms with van der Waals surface area (Å²) in [6.07, 6.45) is 0. The molecule has 1 unspecified atom stereocenters. The van der Waals surface area contributed by atoms with Gasteiger partial charge < -0.3 is 10.1 Å². The molecular formula is C14H16FNOS. The number of thiophene rings is 1. The number of ether oxygens (including phenoxy) is 1. The van der Waals surface area contributed by atoms with Crippen molar-refractivity contribution in [1.29, 1.82) is 0 Å². The molecule has 0 aliphatic carbocycles. The number of benzene rings is 1. The van der Waals surface area contributed by atoms with Crippen molar-refractivity contribution in [3.8, 4) is 5.75 Å². The smallest absolute Gasteiger partial charge is 0.134 e. The van der Waals surface area contributed by atoms with E-state index >= 15 is 0 Å².